The summed E-state index contributed by atoms with van der Waals surface area (Å²) < 4.78 is 10.6. The van der Waals surface area contributed by atoms with Gasteiger partial charge >= 0.3 is 0 Å². The van der Waals surface area contributed by atoms with Gasteiger partial charge in [-0.1, -0.05) is 36.8 Å². The molecule has 2 aromatic rings. The number of carbonyl (C=O) groups is 1. The monoisotopic (exact) mass is 339 g/mol. The molecule has 0 N–H and O–H groups in total. The first-order valence-electron chi connectivity index (χ1n) is 8.79. The number of hydrogen-bond acceptors (Lipinski definition) is 3. The van der Waals surface area contributed by atoms with Crippen molar-refractivity contribution in [2.24, 2.45) is 0 Å². The number of benzene rings is 2. The number of methoxy groups -OCH3 is 2. The highest BCUT2D eigenvalue weighted by Crippen LogP contribution is 2.30. The number of carbonyl (C=O) groups excluding carboxylic acids is 1. The third kappa shape index (κ3) is 3.95. The molecule has 0 bridgehead atoms. The SMILES string of the molecule is COc1ccc(C(=O)N2CCCCC(c3ccccc3)C2)cc1OC. The molecule has 3 rings (SSSR count). The van der Waals surface area contributed by atoms with E-state index in [-0.39, 0.29) is 5.91 Å². The highest BCUT2D eigenvalue weighted by atomic mass is 16.5. The van der Waals surface area contributed by atoms with Crippen LogP contribution in [0.25, 0.3) is 0 Å². The van der Waals surface area contributed by atoms with E-state index in [1.165, 1.54) is 5.56 Å². The molecule has 4 heteroatoms. The van der Waals surface area contributed by atoms with Crippen LogP contribution in [-0.2, 0) is 0 Å². The molecule has 1 atom stereocenters. The normalized spacial score (nSPS) is 17.7. The molecule has 1 aliphatic rings. The van der Waals surface area contributed by atoms with E-state index in [9.17, 15) is 4.79 Å². The largest absolute Gasteiger partial charge is 0.493 e. The average Bonchev–Trinajstić information content (AvgIpc) is 2.94. The number of hydrogen-bond donors (Lipinski definition) is 0. The number of nitrogens with zero attached hydrogens (tertiary/aromatic N) is 1. The van der Waals surface area contributed by atoms with Crippen LogP contribution in [0, 0.1) is 0 Å². The van der Waals surface area contributed by atoms with E-state index in [1.54, 1.807) is 26.4 Å². The predicted molar refractivity (Wildman–Crippen MR) is 98.5 cm³/mol. The van der Waals surface area contributed by atoms with Crippen LogP contribution in [0.3, 0.4) is 0 Å². The Morgan fingerprint density at radius 3 is 2.48 bits per heavy atom. The fraction of sp³-hybridized carbons (Fsp3) is 0.381. The van der Waals surface area contributed by atoms with E-state index < -0.39 is 0 Å². The van der Waals surface area contributed by atoms with Crippen LogP contribution in [0.15, 0.2) is 48.5 Å². The van der Waals surface area contributed by atoms with Crippen LogP contribution in [0.4, 0.5) is 0 Å². The summed E-state index contributed by atoms with van der Waals surface area (Å²) in [6.07, 6.45) is 3.32. The molecule has 25 heavy (non-hydrogen) atoms. The van der Waals surface area contributed by atoms with Gasteiger partial charge in [0.05, 0.1) is 14.2 Å². The van der Waals surface area contributed by atoms with Crippen LogP contribution < -0.4 is 9.47 Å². The Hall–Kier alpha value is -2.49. The first kappa shape index (κ1) is 17.3. The Kier molecular flexibility index (Phi) is 5.59. The van der Waals surface area contributed by atoms with Crippen LogP contribution in [0.1, 0.15) is 41.1 Å². The molecule has 4 nitrogen and oxygen atoms in total. The lowest BCUT2D eigenvalue weighted by Gasteiger charge is -2.25. The summed E-state index contributed by atoms with van der Waals surface area (Å²) in [4.78, 5) is 15.0. The molecular formula is C21H25NO3. The lowest BCUT2D eigenvalue weighted by Crippen LogP contribution is -2.34. The zero-order chi connectivity index (χ0) is 17.6. The topological polar surface area (TPSA) is 38.8 Å². The number of rotatable bonds is 4. The first-order chi connectivity index (χ1) is 12.2. The quantitative estimate of drug-likeness (QED) is 0.841. The first-order valence-corrected chi connectivity index (χ1v) is 8.79. The van der Waals surface area contributed by atoms with Gasteiger partial charge in [-0.2, -0.15) is 0 Å². The summed E-state index contributed by atoms with van der Waals surface area (Å²) in [6.45, 7) is 1.56. The lowest BCUT2D eigenvalue weighted by atomic mass is 9.94. The highest BCUT2D eigenvalue weighted by molar-refractivity contribution is 5.95. The van der Waals surface area contributed by atoms with Crippen LogP contribution in [0.2, 0.25) is 0 Å². The zero-order valence-corrected chi connectivity index (χ0v) is 14.9. The standard InChI is InChI=1S/C21H25NO3/c1-24-19-12-11-17(14-20(19)25-2)21(23)22-13-7-6-10-18(15-22)16-8-4-3-5-9-16/h3-5,8-9,11-12,14,18H,6-7,10,13,15H2,1-2H3. The molecule has 1 unspecified atom stereocenters. The molecule has 1 fully saturated rings. The molecule has 0 aromatic heterocycles. The molecule has 1 amide bonds. The second kappa shape index (κ2) is 8.06. The van der Waals surface area contributed by atoms with E-state index in [0.717, 1.165) is 32.4 Å². The molecule has 0 aliphatic carbocycles. The molecule has 2 aromatic carbocycles. The van der Waals surface area contributed by atoms with Crippen molar-refractivity contribution in [2.45, 2.75) is 25.2 Å². The van der Waals surface area contributed by atoms with Gasteiger partial charge in [0.25, 0.3) is 5.91 Å². The third-order valence-corrected chi connectivity index (χ3v) is 4.86. The van der Waals surface area contributed by atoms with Crippen molar-refractivity contribution >= 4 is 5.91 Å². The predicted octanol–water partition coefficient (Wildman–Crippen LogP) is 4.11. The second-order valence-electron chi connectivity index (χ2n) is 6.42. The van der Waals surface area contributed by atoms with E-state index in [1.807, 2.05) is 17.0 Å². The summed E-state index contributed by atoms with van der Waals surface area (Å²) in [5, 5.41) is 0. The fourth-order valence-electron chi connectivity index (χ4n) is 3.48. The highest BCUT2D eigenvalue weighted by Gasteiger charge is 2.24. The number of amides is 1. The van der Waals surface area contributed by atoms with Crippen LogP contribution >= 0.6 is 0 Å². The lowest BCUT2D eigenvalue weighted by molar-refractivity contribution is 0.0754. The van der Waals surface area contributed by atoms with Gasteiger partial charge in [0.2, 0.25) is 0 Å². The zero-order valence-electron chi connectivity index (χ0n) is 14.9. The van der Waals surface area contributed by atoms with Gasteiger partial charge in [-0.05, 0) is 36.6 Å². The second-order valence-corrected chi connectivity index (χ2v) is 6.42. The maximum Gasteiger partial charge on any atom is 0.254 e. The average molecular weight is 339 g/mol. The minimum atomic E-state index is 0.0591. The Morgan fingerprint density at radius 2 is 1.76 bits per heavy atom. The molecule has 0 spiro atoms. The van der Waals surface area contributed by atoms with Gasteiger partial charge in [-0.25, -0.2) is 0 Å². The molecule has 0 saturated carbocycles. The van der Waals surface area contributed by atoms with Crippen molar-refractivity contribution in [1.29, 1.82) is 0 Å². The minimum absolute atomic E-state index is 0.0591. The molecular weight excluding hydrogens is 314 g/mol. The van der Waals surface area contributed by atoms with Crippen molar-refractivity contribution < 1.29 is 14.3 Å². The number of likely N-dealkylation sites (tertiary alicyclic amines) is 1. The maximum atomic E-state index is 13.0. The summed E-state index contributed by atoms with van der Waals surface area (Å²) in [5.41, 5.74) is 1.96. The summed E-state index contributed by atoms with van der Waals surface area (Å²) in [5.74, 6) is 1.68. The van der Waals surface area contributed by atoms with Gasteiger partial charge in [-0.15, -0.1) is 0 Å². The van der Waals surface area contributed by atoms with E-state index in [4.69, 9.17) is 9.47 Å². The Morgan fingerprint density at radius 1 is 1.00 bits per heavy atom. The molecule has 0 radical (unpaired) electrons. The van der Waals surface area contributed by atoms with E-state index >= 15 is 0 Å². The Labute approximate surface area is 149 Å². The molecule has 132 valence electrons. The van der Waals surface area contributed by atoms with Crippen LogP contribution in [0.5, 0.6) is 11.5 Å². The molecule has 1 saturated heterocycles. The number of ether oxygens (including phenoxy) is 2. The van der Waals surface area contributed by atoms with E-state index in [0.29, 0.717) is 23.0 Å². The van der Waals surface area contributed by atoms with Crippen molar-refractivity contribution in [1.82, 2.24) is 4.90 Å². The smallest absolute Gasteiger partial charge is 0.254 e. The third-order valence-electron chi connectivity index (χ3n) is 4.86. The van der Waals surface area contributed by atoms with E-state index in [2.05, 4.69) is 24.3 Å². The maximum absolute atomic E-state index is 13.0. The summed E-state index contributed by atoms with van der Waals surface area (Å²) in [7, 11) is 3.18. The Bertz CT molecular complexity index is 714. The molecule has 1 heterocycles. The van der Waals surface area contributed by atoms with Crippen LogP contribution in [-0.4, -0.2) is 38.1 Å². The van der Waals surface area contributed by atoms with Gasteiger partial charge in [0, 0.05) is 24.6 Å². The fourth-order valence-corrected chi connectivity index (χ4v) is 3.48. The van der Waals surface area contributed by atoms with Gasteiger partial charge in [0.15, 0.2) is 11.5 Å². The molecule has 1 aliphatic heterocycles. The Balaban J connectivity index is 1.81. The summed E-state index contributed by atoms with van der Waals surface area (Å²) >= 11 is 0. The summed E-state index contributed by atoms with van der Waals surface area (Å²) in [6, 6.07) is 15.9. The minimum Gasteiger partial charge on any atom is -0.493 e. The van der Waals surface area contributed by atoms with Gasteiger partial charge < -0.3 is 14.4 Å². The van der Waals surface area contributed by atoms with Crippen molar-refractivity contribution in [3.8, 4) is 11.5 Å². The van der Waals surface area contributed by atoms with Crippen molar-refractivity contribution in [3.63, 3.8) is 0 Å². The van der Waals surface area contributed by atoms with Gasteiger partial charge in [0.1, 0.15) is 0 Å². The van der Waals surface area contributed by atoms with Crippen molar-refractivity contribution in [3.05, 3.63) is 59.7 Å². The van der Waals surface area contributed by atoms with Gasteiger partial charge in [-0.3, -0.25) is 4.79 Å². The van der Waals surface area contributed by atoms with Crippen molar-refractivity contribution in [2.75, 3.05) is 27.3 Å².